The molecule has 174 valence electrons. The summed E-state index contributed by atoms with van der Waals surface area (Å²) in [7, 11) is 0. The summed E-state index contributed by atoms with van der Waals surface area (Å²) < 4.78 is 5.76. The Kier molecular flexibility index (Phi) is 5.93. The van der Waals surface area contributed by atoms with E-state index in [1.54, 1.807) is 17.0 Å². The highest BCUT2D eigenvalue weighted by molar-refractivity contribution is 7.18. The SMILES string of the molecule is Cc1cc(NC(=O)C2(NC(=O)c3ccc(Cl)s3)CC3CCC2C3)ccc1N1CCOCC1=O. The van der Waals surface area contributed by atoms with E-state index in [9.17, 15) is 14.4 Å². The molecule has 3 amide bonds. The van der Waals surface area contributed by atoms with Crippen LogP contribution in [0.5, 0.6) is 0 Å². The number of ether oxygens (including phenoxy) is 1. The number of thiophene rings is 1. The fourth-order valence-electron chi connectivity index (χ4n) is 5.57. The number of nitrogens with one attached hydrogen (secondary N) is 2. The summed E-state index contributed by atoms with van der Waals surface area (Å²) in [5, 5.41) is 6.14. The second kappa shape index (κ2) is 8.74. The van der Waals surface area contributed by atoms with Crippen molar-refractivity contribution in [3.63, 3.8) is 0 Å². The maximum absolute atomic E-state index is 13.6. The molecule has 2 N–H and O–H groups in total. The first-order chi connectivity index (χ1) is 15.9. The van der Waals surface area contributed by atoms with Crippen molar-refractivity contribution in [3.05, 3.63) is 45.1 Å². The lowest BCUT2D eigenvalue weighted by Crippen LogP contribution is -2.60. The zero-order valence-electron chi connectivity index (χ0n) is 18.4. The minimum Gasteiger partial charge on any atom is -0.370 e. The Bertz CT molecular complexity index is 1120. The van der Waals surface area contributed by atoms with E-state index in [0.717, 1.165) is 30.5 Å². The lowest BCUT2D eigenvalue weighted by atomic mass is 9.79. The van der Waals surface area contributed by atoms with Gasteiger partial charge in [-0.05, 0) is 80.3 Å². The Labute approximate surface area is 201 Å². The molecule has 3 fully saturated rings. The van der Waals surface area contributed by atoms with Crippen LogP contribution in [-0.4, -0.2) is 43.0 Å². The molecule has 0 radical (unpaired) electrons. The number of amides is 3. The van der Waals surface area contributed by atoms with E-state index in [1.807, 2.05) is 25.1 Å². The third kappa shape index (κ3) is 4.16. The van der Waals surface area contributed by atoms with Crippen LogP contribution in [0.15, 0.2) is 30.3 Å². The van der Waals surface area contributed by atoms with Crippen LogP contribution in [0.2, 0.25) is 4.34 Å². The summed E-state index contributed by atoms with van der Waals surface area (Å²) in [6, 6.07) is 8.92. The lowest BCUT2D eigenvalue weighted by Gasteiger charge is -2.37. The zero-order chi connectivity index (χ0) is 23.2. The monoisotopic (exact) mass is 487 g/mol. The first-order valence-electron chi connectivity index (χ1n) is 11.2. The molecular formula is C24H26ClN3O4S. The molecule has 2 bridgehead atoms. The van der Waals surface area contributed by atoms with Crippen molar-refractivity contribution >= 4 is 52.0 Å². The van der Waals surface area contributed by atoms with E-state index in [0.29, 0.717) is 40.4 Å². The predicted molar refractivity (Wildman–Crippen MR) is 128 cm³/mol. The Morgan fingerprint density at radius 3 is 2.73 bits per heavy atom. The summed E-state index contributed by atoms with van der Waals surface area (Å²) in [5.41, 5.74) is 1.43. The lowest BCUT2D eigenvalue weighted by molar-refractivity contribution is -0.126. The molecule has 0 spiro atoms. The Morgan fingerprint density at radius 2 is 2.09 bits per heavy atom. The van der Waals surface area contributed by atoms with Crippen molar-refractivity contribution in [1.29, 1.82) is 0 Å². The van der Waals surface area contributed by atoms with Gasteiger partial charge in [0.05, 0.1) is 15.8 Å². The van der Waals surface area contributed by atoms with E-state index in [2.05, 4.69) is 10.6 Å². The van der Waals surface area contributed by atoms with Crippen molar-refractivity contribution < 1.29 is 19.1 Å². The van der Waals surface area contributed by atoms with Crippen LogP contribution in [0.25, 0.3) is 0 Å². The van der Waals surface area contributed by atoms with Crippen molar-refractivity contribution in [2.75, 3.05) is 30.0 Å². The standard InChI is InChI=1S/C24H26ClN3O4S/c1-14-10-17(4-5-18(14)28-8-9-32-13-21(28)29)26-23(31)24(12-15-2-3-16(24)11-15)27-22(30)19-6-7-20(25)33-19/h4-7,10,15-16H,2-3,8-9,11-13H2,1H3,(H,26,31)(H,27,30). The Hall–Kier alpha value is -2.42. The number of rotatable bonds is 5. The van der Waals surface area contributed by atoms with Gasteiger partial charge in [-0.3, -0.25) is 14.4 Å². The molecule has 1 aromatic heterocycles. The molecule has 1 saturated heterocycles. The highest BCUT2D eigenvalue weighted by Crippen LogP contribution is 2.51. The van der Waals surface area contributed by atoms with Crippen LogP contribution < -0.4 is 15.5 Å². The molecule has 3 aliphatic rings. The number of benzene rings is 1. The molecule has 2 heterocycles. The van der Waals surface area contributed by atoms with E-state index in [1.165, 1.54) is 11.3 Å². The van der Waals surface area contributed by atoms with E-state index in [-0.39, 0.29) is 30.2 Å². The second-order valence-corrected chi connectivity index (χ2v) is 10.9. The molecule has 9 heteroatoms. The molecule has 5 rings (SSSR count). The molecular weight excluding hydrogens is 462 g/mol. The van der Waals surface area contributed by atoms with Gasteiger partial charge in [0.25, 0.3) is 11.8 Å². The molecule has 1 aromatic carbocycles. The first-order valence-corrected chi connectivity index (χ1v) is 12.4. The zero-order valence-corrected chi connectivity index (χ0v) is 19.9. The van der Waals surface area contributed by atoms with Gasteiger partial charge >= 0.3 is 0 Å². The largest absolute Gasteiger partial charge is 0.370 e. The fraction of sp³-hybridized carbons (Fsp3) is 0.458. The average Bonchev–Trinajstić information content (AvgIpc) is 3.51. The van der Waals surface area contributed by atoms with Crippen LogP contribution in [0.4, 0.5) is 11.4 Å². The van der Waals surface area contributed by atoms with Gasteiger partial charge in [0.15, 0.2) is 0 Å². The summed E-state index contributed by atoms with van der Waals surface area (Å²) in [5.74, 6) is 0.0587. The topological polar surface area (TPSA) is 87.7 Å². The third-order valence-electron chi connectivity index (χ3n) is 7.12. The van der Waals surface area contributed by atoms with Gasteiger partial charge in [-0.2, -0.15) is 0 Å². The number of hydrogen-bond acceptors (Lipinski definition) is 5. The van der Waals surface area contributed by atoms with E-state index < -0.39 is 5.54 Å². The van der Waals surface area contributed by atoms with Gasteiger partial charge in [-0.15, -0.1) is 11.3 Å². The van der Waals surface area contributed by atoms with E-state index >= 15 is 0 Å². The minimum atomic E-state index is -0.927. The molecule has 33 heavy (non-hydrogen) atoms. The van der Waals surface area contributed by atoms with Gasteiger partial charge in [0, 0.05) is 17.9 Å². The summed E-state index contributed by atoms with van der Waals surface area (Å²) in [6.45, 7) is 3.02. The number of nitrogens with zero attached hydrogens (tertiary/aromatic N) is 1. The van der Waals surface area contributed by atoms with E-state index in [4.69, 9.17) is 16.3 Å². The Morgan fingerprint density at radius 1 is 1.24 bits per heavy atom. The number of aryl methyl sites for hydroxylation is 1. The molecule has 2 saturated carbocycles. The number of halogens is 1. The smallest absolute Gasteiger partial charge is 0.262 e. The number of anilines is 2. The number of carbonyl (C=O) groups excluding carboxylic acids is 3. The number of morpholine rings is 1. The number of hydrogen-bond donors (Lipinski definition) is 2. The van der Waals surface area contributed by atoms with Gasteiger partial charge < -0.3 is 20.3 Å². The molecule has 3 unspecified atom stereocenters. The van der Waals surface area contributed by atoms with Gasteiger partial charge in [-0.25, -0.2) is 0 Å². The number of fused-ring (bicyclic) bond motifs is 2. The maximum atomic E-state index is 13.6. The van der Waals surface area contributed by atoms with Gasteiger partial charge in [0.2, 0.25) is 5.91 Å². The van der Waals surface area contributed by atoms with Crippen LogP contribution in [0.3, 0.4) is 0 Å². The van der Waals surface area contributed by atoms with Crippen molar-refractivity contribution in [3.8, 4) is 0 Å². The third-order valence-corrected chi connectivity index (χ3v) is 8.35. The molecule has 2 aromatic rings. The fourth-order valence-corrected chi connectivity index (χ4v) is 6.51. The minimum absolute atomic E-state index is 0.0709. The summed E-state index contributed by atoms with van der Waals surface area (Å²) >= 11 is 7.22. The van der Waals surface area contributed by atoms with Crippen molar-refractivity contribution in [2.45, 2.75) is 38.1 Å². The second-order valence-electron chi connectivity index (χ2n) is 9.16. The quantitative estimate of drug-likeness (QED) is 0.667. The number of carbonyl (C=O) groups is 3. The van der Waals surface area contributed by atoms with Crippen LogP contribution >= 0.6 is 22.9 Å². The van der Waals surface area contributed by atoms with Gasteiger partial charge in [-0.1, -0.05) is 11.6 Å². The maximum Gasteiger partial charge on any atom is 0.262 e. The Balaban J connectivity index is 1.36. The van der Waals surface area contributed by atoms with Crippen LogP contribution in [0.1, 0.15) is 40.9 Å². The van der Waals surface area contributed by atoms with Crippen molar-refractivity contribution in [1.82, 2.24) is 5.32 Å². The van der Waals surface area contributed by atoms with Crippen molar-refractivity contribution in [2.24, 2.45) is 11.8 Å². The highest BCUT2D eigenvalue weighted by atomic mass is 35.5. The highest BCUT2D eigenvalue weighted by Gasteiger charge is 2.56. The first kappa shape index (κ1) is 22.4. The summed E-state index contributed by atoms with van der Waals surface area (Å²) in [4.78, 5) is 41.0. The molecule has 1 aliphatic heterocycles. The molecule has 2 aliphatic carbocycles. The predicted octanol–water partition coefficient (Wildman–Crippen LogP) is 4.00. The van der Waals surface area contributed by atoms with Crippen LogP contribution in [-0.2, 0) is 14.3 Å². The van der Waals surface area contributed by atoms with Gasteiger partial charge in [0.1, 0.15) is 12.1 Å². The summed E-state index contributed by atoms with van der Waals surface area (Å²) in [6.07, 6.45) is 3.63. The van der Waals surface area contributed by atoms with Crippen LogP contribution in [0, 0.1) is 18.8 Å². The average molecular weight is 488 g/mol. The molecule has 3 atom stereocenters. The normalized spacial score (nSPS) is 26.5. The molecule has 7 nitrogen and oxygen atoms in total.